The van der Waals surface area contributed by atoms with Crippen LogP contribution < -0.4 is 0 Å². The van der Waals surface area contributed by atoms with Crippen LogP contribution in [0.15, 0.2) is 89.6 Å². The summed E-state index contributed by atoms with van der Waals surface area (Å²) in [7, 11) is 0. The molecule has 0 radical (unpaired) electrons. The maximum absolute atomic E-state index is 12.4. The van der Waals surface area contributed by atoms with Crippen LogP contribution in [-0.2, 0) is 44.4 Å². The SMILES string of the molecule is CC(C)=C[C@@H]1[C@@H](C(=O)OCc2coc(Cc3ccccc3)c2)C1(C)C.CCCC1COC(Cn2cncn2)(c2ccc(Cl)cc2Cl)O1. The van der Waals surface area contributed by atoms with E-state index in [-0.39, 0.29) is 35.9 Å². The van der Waals surface area contributed by atoms with E-state index >= 15 is 0 Å². The summed E-state index contributed by atoms with van der Waals surface area (Å²) in [5.74, 6) is 0.0423. The van der Waals surface area contributed by atoms with E-state index in [0.29, 0.717) is 23.2 Å². The lowest BCUT2D eigenvalue weighted by Gasteiger charge is -2.29. The Morgan fingerprint density at radius 1 is 1.11 bits per heavy atom. The van der Waals surface area contributed by atoms with Crippen molar-refractivity contribution >= 4 is 29.2 Å². The second kappa shape index (κ2) is 15.2. The molecule has 2 aliphatic rings. The molecule has 4 atom stereocenters. The Morgan fingerprint density at radius 3 is 2.57 bits per heavy atom. The summed E-state index contributed by atoms with van der Waals surface area (Å²) in [5.41, 5.74) is 4.09. The second-order valence-corrected chi connectivity index (χ2v) is 13.9. The molecule has 2 fully saturated rings. The number of rotatable bonds is 11. The molecule has 0 bridgehead atoms. The molecular formula is C37H43Cl2N3O5. The number of benzene rings is 2. The number of halogens is 2. The molecule has 4 aromatic rings. The number of esters is 1. The highest BCUT2D eigenvalue weighted by atomic mass is 35.5. The maximum atomic E-state index is 12.4. The number of hydrogen-bond acceptors (Lipinski definition) is 7. The molecule has 1 saturated carbocycles. The van der Waals surface area contributed by atoms with Crippen LogP contribution in [0.3, 0.4) is 0 Å². The lowest BCUT2D eigenvalue weighted by atomic mass is 10.1. The summed E-state index contributed by atoms with van der Waals surface area (Å²) >= 11 is 12.4. The minimum atomic E-state index is -0.963. The third-order valence-corrected chi connectivity index (χ3v) is 9.18. The van der Waals surface area contributed by atoms with Crippen molar-refractivity contribution < 1.29 is 23.4 Å². The predicted molar refractivity (Wildman–Crippen MR) is 182 cm³/mol. The number of aromatic nitrogens is 3. The molecule has 0 amide bonds. The Labute approximate surface area is 287 Å². The third-order valence-electron chi connectivity index (χ3n) is 8.64. The zero-order valence-electron chi connectivity index (χ0n) is 27.6. The molecule has 47 heavy (non-hydrogen) atoms. The number of ether oxygens (including phenoxy) is 3. The summed E-state index contributed by atoms with van der Waals surface area (Å²) in [6.45, 7) is 11.7. The highest BCUT2D eigenvalue weighted by Gasteiger charge is 2.61. The normalized spacial score (nSPS) is 22.7. The van der Waals surface area contributed by atoms with Gasteiger partial charge in [0.25, 0.3) is 0 Å². The van der Waals surface area contributed by atoms with Crippen LogP contribution in [0.1, 0.15) is 69.9 Å². The van der Waals surface area contributed by atoms with Crippen LogP contribution in [-0.4, -0.2) is 33.4 Å². The van der Waals surface area contributed by atoms with Crippen LogP contribution in [0, 0.1) is 17.3 Å². The summed E-state index contributed by atoms with van der Waals surface area (Å²) in [4.78, 5) is 16.4. The van der Waals surface area contributed by atoms with E-state index in [1.807, 2.05) is 30.3 Å². The Kier molecular flexibility index (Phi) is 11.3. The van der Waals surface area contributed by atoms with Gasteiger partial charge in [-0.25, -0.2) is 9.67 Å². The largest absolute Gasteiger partial charge is 0.469 e. The Morgan fingerprint density at radius 2 is 1.89 bits per heavy atom. The zero-order valence-corrected chi connectivity index (χ0v) is 29.1. The first-order valence-corrected chi connectivity index (χ1v) is 16.8. The smallest absolute Gasteiger partial charge is 0.310 e. The fraction of sp³-hybridized carbons (Fsp3) is 0.432. The van der Waals surface area contributed by atoms with Gasteiger partial charge in [-0.05, 0) is 55.4 Å². The van der Waals surface area contributed by atoms with Crippen molar-refractivity contribution in [3.05, 3.63) is 118 Å². The molecule has 1 aliphatic heterocycles. The average Bonchev–Trinajstić information content (AvgIpc) is 3.59. The first-order valence-electron chi connectivity index (χ1n) is 16.0. The fourth-order valence-electron chi connectivity index (χ4n) is 6.10. The van der Waals surface area contributed by atoms with Gasteiger partial charge in [0.1, 0.15) is 31.6 Å². The number of furan rings is 1. The van der Waals surface area contributed by atoms with Crippen LogP contribution >= 0.6 is 23.2 Å². The monoisotopic (exact) mass is 679 g/mol. The first-order chi connectivity index (χ1) is 22.5. The van der Waals surface area contributed by atoms with Gasteiger partial charge in [0.2, 0.25) is 5.79 Å². The van der Waals surface area contributed by atoms with Crippen molar-refractivity contribution in [2.45, 2.75) is 78.9 Å². The molecule has 10 heteroatoms. The van der Waals surface area contributed by atoms with E-state index in [4.69, 9.17) is 41.8 Å². The van der Waals surface area contributed by atoms with E-state index in [0.717, 1.165) is 36.1 Å². The highest BCUT2D eigenvalue weighted by molar-refractivity contribution is 6.35. The van der Waals surface area contributed by atoms with E-state index in [2.05, 4.69) is 62.9 Å². The molecular weight excluding hydrogens is 637 g/mol. The van der Waals surface area contributed by atoms with Gasteiger partial charge >= 0.3 is 5.97 Å². The topological polar surface area (TPSA) is 88.6 Å². The van der Waals surface area contributed by atoms with Crippen molar-refractivity contribution in [3.8, 4) is 0 Å². The van der Waals surface area contributed by atoms with Crippen LogP contribution in [0.2, 0.25) is 10.0 Å². The highest BCUT2D eigenvalue weighted by Crippen LogP contribution is 2.59. The first kappa shape index (κ1) is 34.9. The standard InChI is InChI=1S/C22H26O3.C15H17Cl2N3O2/c1-15(2)10-19-20(22(19,3)4)21(23)25-14-17-12-18(24-13-17)11-16-8-6-5-7-9-16;1-2-3-12-7-21-15(22-12,8-20-10-18-9-19-20)13-5-4-11(16)6-14(13)17/h5-10,12-13,19-20H,11,14H2,1-4H3;4-6,9-10,12H,2-3,7-8H2,1H3/t19-,20+;/m1./s1. The molecule has 0 N–H and O–H groups in total. The molecule has 1 aliphatic carbocycles. The average molecular weight is 681 g/mol. The van der Waals surface area contributed by atoms with Crippen LogP contribution in [0.4, 0.5) is 0 Å². The molecule has 1 saturated heterocycles. The summed E-state index contributed by atoms with van der Waals surface area (Å²) in [5, 5.41) is 5.24. The van der Waals surface area contributed by atoms with Gasteiger partial charge in [-0.15, -0.1) is 0 Å². The van der Waals surface area contributed by atoms with E-state index < -0.39 is 5.79 Å². The summed E-state index contributed by atoms with van der Waals surface area (Å²) in [6, 6.07) is 17.5. The summed E-state index contributed by atoms with van der Waals surface area (Å²) in [6.07, 6.45) is 9.72. The van der Waals surface area contributed by atoms with E-state index in [1.54, 1.807) is 29.4 Å². The number of carbonyl (C=O) groups excluding carboxylic acids is 1. The van der Waals surface area contributed by atoms with Crippen molar-refractivity contribution in [1.29, 1.82) is 0 Å². The van der Waals surface area contributed by atoms with Crippen molar-refractivity contribution in [2.75, 3.05) is 6.61 Å². The van der Waals surface area contributed by atoms with Crippen LogP contribution in [0.25, 0.3) is 0 Å². The van der Waals surface area contributed by atoms with Gasteiger partial charge in [0.05, 0.1) is 29.9 Å². The Hall–Kier alpha value is -3.43. The summed E-state index contributed by atoms with van der Waals surface area (Å²) < 4.78 is 25.1. The van der Waals surface area contributed by atoms with Gasteiger partial charge in [0, 0.05) is 22.6 Å². The van der Waals surface area contributed by atoms with Crippen molar-refractivity contribution in [2.24, 2.45) is 17.3 Å². The quantitative estimate of drug-likeness (QED) is 0.116. The number of hydrogen-bond donors (Lipinski definition) is 0. The Bertz CT molecular complexity index is 1650. The minimum Gasteiger partial charge on any atom is -0.469 e. The third kappa shape index (κ3) is 8.73. The lowest BCUT2D eigenvalue weighted by Crippen LogP contribution is -2.34. The number of allylic oxidation sites excluding steroid dienone is 2. The van der Waals surface area contributed by atoms with Gasteiger partial charge in [-0.2, -0.15) is 5.10 Å². The van der Waals surface area contributed by atoms with Gasteiger partial charge < -0.3 is 18.6 Å². The van der Waals surface area contributed by atoms with Crippen molar-refractivity contribution in [1.82, 2.24) is 14.8 Å². The Balaban J connectivity index is 0.000000186. The minimum absolute atomic E-state index is 0.0107. The molecule has 6 rings (SSSR count). The maximum Gasteiger partial charge on any atom is 0.310 e. The molecule has 8 nitrogen and oxygen atoms in total. The zero-order chi connectivity index (χ0) is 33.6. The second-order valence-electron chi connectivity index (χ2n) is 13.1. The molecule has 2 unspecified atom stereocenters. The van der Waals surface area contributed by atoms with Gasteiger partial charge in [-0.3, -0.25) is 4.79 Å². The van der Waals surface area contributed by atoms with Crippen LogP contribution in [0.5, 0.6) is 0 Å². The van der Waals surface area contributed by atoms with Gasteiger partial charge in [0.15, 0.2) is 0 Å². The van der Waals surface area contributed by atoms with Crippen molar-refractivity contribution in [3.63, 3.8) is 0 Å². The molecule has 250 valence electrons. The molecule has 2 aromatic heterocycles. The molecule has 2 aromatic carbocycles. The lowest BCUT2D eigenvalue weighted by molar-refractivity contribution is -0.189. The fourth-order valence-corrected chi connectivity index (χ4v) is 6.65. The predicted octanol–water partition coefficient (Wildman–Crippen LogP) is 8.81. The number of carbonyl (C=O) groups is 1. The molecule has 3 heterocycles. The van der Waals surface area contributed by atoms with E-state index in [1.165, 1.54) is 17.5 Å². The van der Waals surface area contributed by atoms with E-state index in [9.17, 15) is 4.79 Å². The molecule has 0 spiro atoms. The number of nitrogens with zero attached hydrogens (tertiary/aromatic N) is 3. The van der Waals surface area contributed by atoms with Gasteiger partial charge in [-0.1, -0.05) is 98.4 Å².